The number of aryl methyl sites for hydroxylation is 2. The van der Waals surface area contributed by atoms with Crippen LogP contribution in [0.25, 0.3) is 12.4 Å². The summed E-state index contributed by atoms with van der Waals surface area (Å²) in [6, 6.07) is 8.59. The van der Waals surface area contributed by atoms with Gasteiger partial charge < -0.3 is 20.0 Å². The van der Waals surface area contributed by atoms with E-state index in [0.717, 1.165) is 19.4 Å². The Hall–Kier alpha value is -2.86. The van der Waals surface area contributed by atoms with E-state index in [-0.39, 0.29) is 17.5 Å². The predicted octanol–water partition coefficient (Wildman–Crippen LogP) is 2.39. The van der Waals surface area contributed by atoms with E-state index in [1.165, 1.54) is 11.1 Å². The van der Waals surface area contributed by atoms with Crippen molar-refractivity contribution < 1.29 is 9.21 Å². The van der Waals surface area contributed by atoms with Crippen LogP contribution in [0.2, 0.25) is 0 Å². The number of amides is 1. The van der Waals surface area contributed by atoms with E-state index in [1.807, 2.05) is 18.7 Å². The highest BCUT2D eigenvalue weighted by Gasteiger charge is 2.38. The first-order chi connectivity index (χ1) is 14.8. The number of hydrogen-bond donors (Lipinski definition) is 2. The molecule has 1 atom stereocenters. The Balaban J connectivity index is 1.69. The van der Waals surface area contributed by atoms with Gasteiger partial charge in [0.15, 0.2) is 0 Å². The molecular formula is C25H32N4O2. The molecule has 6 nitrogen and oxygen atoms in total. The van der Waals surface area contributed by atoms with Gasteiger partial charge in [0.1, 0.15) is 17.0 Å². The number of nitrogens with zero attached hydrogens (tertiary/aromatic N) is 2. The summed E-state index contributed by atoms with van der Waals surface area (Å²) in [7, 11) is 0. The first-order valence-electron chi connectivity index (χ1n) is 11.0. The molecule has 6 heteroatoms. The van der Waals surface area contributed by atoms with Crippen molar-refractivity contribution in [3.63, 3.8) is 0 Å². The van der Waals surface area contributed by atoms with Crippen molar-refractivity contribution in [1.82, 2.24) is 15.5 Å². The Kier molecular flexibility index (Phi) is 5.75. The SMILES string of the molecule is C=c1oc(C)c(C(=O)N2CCNC(c3ccc(C)cc3)C2)/c1=C(/N=C\C)NC1(C)CC1. The van der Waals surface area contributed by atoms with Crippen LogP contribution in [0.3, 0.4) is 0 Å². The summed E-state index contributed by atoms with van der Waals surface area (Å²) >= 11 is 0. The Labute approximate surface area is 183 Å². The Bertz CT molecular complexity index is 1110. The van der Waals surface area contributed by atoms with Gasteiger partial charge in [-0.2, -0.15) is 0 Å². The molecule has 31 heavy (non-hydrogen) atoms. The molecule has 1 saturated carbocycles. The lowest BCUT2D eigenvalue weighted by molar-refractivity contribution is 0.0700. The van der Waals surface area contributed by atoms with Crippen LogP contribution in [0.4, 0.5) is 0 Å². The van der Waals surface area contributed by atoms with Crippen molar-refractivity contribution >= 4 is 24.5 Å². The fraction of sp³-hybridized carbons (Fsp3) is 0.440. The molecule has 1 aliphatic carbocycles. The Morgan fingerprint density at radius 1 is 1.32 bits per heavy atom. The van der Waals surface area contributed by atoms with Crippen LogP contribution in [0, 0.1) is 13.8 Å². The van der Waals surface area contributed by atoms with E-state index in [4.69, 9.17) is 4.42 Å². The molecule has 2 aromatic rings. The number of benzene rings is 1. The van der Waals surface area contributed by atoms with Gasteiger partial charge in [0.2, 0.25) is 0 Å². The zero-order valence-corrected chi connectivity index (χ0v) is 18.9. The van der Waals surface area contributed by atoms with Crippen LogP contribution >= 0.6 is 0 Å². The van der Waals surface area contributed by atoms with Crippen molar-refractivity contribution in [2.45, 2.75) is 52.1 Å². The van der Waals surface area contributed by atoms with Crippen LogP contribution < -0.4 is 21.3 Å². The van der Waals surface area contributed by atoms with Gasteiger partial charge in [-0.3, -0.25) is 4.79 Å². The summed E-state index contributed by atoms with van der Waals surface area (Å²) in [6.07, 6.45) is 3.90. The molecule has 1 aromatic carbocycles. The third-order valence-electron chi connectivity index (χ3n) is 6.23. The summed E-state index contributed by atoms with van der Waals surface area (Å²) in [5.74, 6) is 1.22. The minimum absolute atomic E-state index is 0.0192. The number of furan rings is 1. The molecule has 0 radical (unpaired) electrons. The van der Waals surface area contributed by atoms with Gasteiger partial charge in [-0.15, -0.1) is 0 Å². The molecule has 2 N–H and O–H groups in total. The largest absolute Gasteiger partial charge is 0.461 e. The summed E-state index contributed by atoms with van der Waals surface area (Å²) < 4.78 is 5.84. The van der Waals surface area contributed by atoms with Crippen molar-refractivity contribution in [2.75, 3.05) is 19.6 Å². The number of rotatable bonds is 5. The number of carbonyl (C=O) groups is 1. The smallest absolute Gasteiger partial charge is 0.258 e. The number of hydrogen-bond acceptors (Lipinski definition) is 5. The Morgan fingerprint density at radius 3 is 2.68 bits per heavy atom. The highest BCUT2D eigenvalue weighted by atomic mass is 16.3. The first kappa shape index (κ1) is 21.4. The Morgan fingerprint density at radius 2 is 2.03 bits per heavy atom. The monoisotopic (exact) mass is 420 g/mol. The van der Waals surface area contributed by atoms with E-state index in [1.54, 1.807) is 6.21 Å². The van der Waals surface area contributed by atoms with E-state index in [2.05, 4.69) is 60.3 Å². The molecular weight excluding hydrogens is 388 g/mol. The van der Waals surface area contributed by atoms with Gasteiger partial charge in [0, 0.05) is 37.4 Å². The highest BCUT2D eigenvalue weighted by Crippen LogP contribution is 2.35. The summed E-state index contributed by atoms with van der Waals surface area (Å²) in [4.78, 5) is 20.2. The molecule has 2 fully saturated rings. The minimum Gasteiger partial charge on any atom is -0.461 e. The van der Waals surface area contributed by atoms with Crippen LogP contribution in [-0.2, 0) is 0 Å². The quantitative estimate of drug-likeness (QED) is 0.729. The predicted molar refractivity (Wildman–Crippen MR) is 124 cm³/mol. The number of piperazine rings is 1. The molecule has 1 saturated heterocycles. The van der Waals surface area contributed by atoms with E-state index >= 15 is 0 Å². The van der Waals surface area contributed by atoms with Crippen LogP contribution in [-0.4, -0.2) is 42.2 Å². The van der Waals surface area contributed by atoms with Gasteiger partial charge in [0.05, 0.1) is 10.8 Å². The molecule has 4 rings (SSSR count). The van der Waals surface area contributed by atoms with Crippen molar-refractivity contribution in [1.29, 1.82) is 0 Å². The maximum absolute atomic E-state index is 13.7. The lowest BCUT2D eigenvalue weighted by atomic mass is 10.0. The fourth-order valence-corrected chi connectivity index (χ4v) is 4.11. The molecule has 164 valence electrons. The van der Waals surface area contributed by atoms with E-state index < -0.39 is 0 Å². The van der Waals surface area contributed by atoms with E-state index in [0.29, 0.717) is 40.9 Å². The normalized spacial score (nSPS) is 21.3. The molecule has 1 unspecified atom stereocenters. The molecule has 1 aromatic heterocycles. The maximum Gasteiger partial charge on any atom is 0.258 e. The van der Waals surface area contributed by atoms with Gasteiger partial charge >= 0.3 is 0 Å². The third kappa shape index (κ3) is 4.44. The van der Waals surface area contributed by atoms with Crippen LogP contribution in [0.1, 0.15) is 60.0 Å². The molecule has 2 aliphatic rings. The summed E-state index contributed by atoms with van der Waals surface area (Å²) in [5.41, 5.74) is 3.47. The van der Waals surface area contributed by atoms with Crippen molar-refractivity contribution in [3.8, 4) is 0 Å². The number of nitrogens with one attached hydrogen (secondary N) is 2. The summed E-state index contributed by atoms with van der Waals surface area (Å²) in [5, 5.41) is 7.73. The highest BCUT2D eigenvalue weighted by molar-refractivity contribution is 5.96. The van der Waals surface area contributed by atoms with Crippen LogP contribution in [0.15, 0.2) is 33.7 Å². The van der Waals surface area contributed by atoms with Gasteiger partial charge in [0.25, 0.3) is 5.91 Å². The average Bonchev–Trinajstić information content (AvgIpc) is 3.39. The second-order valence-electron chi connectivity index (χ2n) is 8.92. The molecule has 1 amide bonds. The molecule has 0 spiro atoms. The van der Waals surface area contributed by atoms with Gasteiger partial charge in [-0.05, 0) is 46.1 Å². The molecule has 2 heterocycles. The lowest BCUT2D eigenvalue weighted by Gasteiger charge is -2.34. The number of aliphatic imine (C=N–C) groups is 1. The molecule has 0 bridgehead atoms. The number of carbonyl (C=O) groups excluding carboxylic acids is 1. The zero-order valence-electron chi connectivity index (χ0n) is 18.9. The zero-order chi connectivity index (χ0) is 22.2. The van der Waals surface area contributed by atoms with Crippen molar-refractivity contribution in [2.24, 2.45) is 4.99 Å². The minimum atomic E-state index is -0.0312. The second-order valence-corrected chi connectivity index (χ2v) is 8.92. The lowest BCUT2D eigenvalue weighted by Crippen LogP contribution is -2.49. The first-order valence-corrected chi connectivity index (χ1v) is 11.0. The van der Waals surface area contributed by atoms with Crippen molar-refractivity contribution in [3.05, 3.63) is 57.4 Å². The fourth-order valence-electron chi connectivity index (χ4n) is 4.11. The standard InChI is InChI=1S/C25H32N4O2/c1-6-26-23(28-25(5)11-12-25)21-17(3)31-18(4)22(21)24(30)29-14-13-27-20(15-29)19-9-7-16(2)8-10-19/h6-10,20,27-28H,3,11-15H2,1-2,4-5H3/b23-21-,26-6-. The maximum atomic E-state index is 13.7. The topological polar surface area (TPSA) is 69.9 Å². The molecule has 1 aliphatic heterocycles. The van der Waals surface area contributed by atoms with Gasteiger partial charge in [-0.1, -0.05) is 36.4 Å². The third-order valence-corrected chi connectivity index (χ3v) is 6.23. The second kappa shape index (κ2) is 8.35. The van der Waals surface area contributed by atoms with Crippen LogP contribution in [0.5, 0.6) is 0 Å². The summed E-state index contributed by atoms with van der Waals surface area (Å²) in [6.45, 7) is 14.0. The van der Waals surface area contributed by atoms with E-state index in [9.17, 15) is 4.79 Å². The van der Waals surface area contributed by atoms with Gasteiger partial charge in [-0.25, -0.2) is 4.99 Å². The average molecular weight is 421 g/mol.